The monoisotopic (exact) mass is 434 g/mol. The number of alkyl halides is 3. The number of aryl methyl sites for hydroxylation is 1. The molecular weight excluding hydrogens is 413 g/mol. The standard InChI is InChI=1S/C15H20N4O2S.C2HF3O2/c1-3-19(9-14-17-10(2)21-18-14)15(20)13-7-6-12(22-13)11-5-4-8-16-11;3-2(4,5)1(6)7/h6-7,11,16H,3-5,8-9H2,1-2H3;(H,6,7). The first-order valence-electron chi connectivity index (χ1n) is 8.83. The molecule has 1 aliphatic heterocycles. The molecule has 3 heterocycles. The topological polar surface area (TPSA) is 109 Å². The number of rotatable bonds is 5. The second-order valence-electron chi connectivity index (χ2n) is 6.20. The molecule has 29 heavy (non-hydrogen) atoms. The number of aromatic nitrogens is 2. The highest BCUT2D eigenvalue weighted by atomic mass is 32.1. The summed E-state index contributed by atoms with van der Waals surface area (Å²) in [6.45, 7) is 5.75. The van der Waals surface area contributed by atoms with Gasteiger partial charge in [-0.1, -0.05) is 5.16 Å². The molecule has 0 saturated carbocycles. The Kier molecular flexibility index (Phi) is 7.73. The van der Waals surface area contributed by atoms with E-state index in [1.165, 1.54) is 11.3 Å². The Balaban J connectivity index is 0.000000370. The smallest absolute Gasteiger partial charge is 0.475 e. The minimum absolute atomic E-state index is 0.0270. The number of halogens is 3. The van der Waals surface area contributed by atoms with Crippen LogP contribution in [0.4, 0.5) is 13.2 Å². The van der Waals surface area contributed by atoms with Crippen molar-refractivity contribution in [2.45, 2.75) is 45.5 Å². The van der Waals surface area contributed by atoms with Gasteiger partial charge in [0.15, 0.2) is 5.82 Å². The van der Waals surface area contributed by atoms with Gasteiger partial charge in [0.25, 0.3) is 5.91 Å². The molecule has 1 fully saturated rings. The molecule has 1 saturated heterocycles. The van der Waals surface area contributed by atoms with Crippen molar-refractivity contribution >= 4 is 23.2 Å². The number of carbonyl (C=O) groups is 2. The molecule has 0 spiro atoms. The van der Waals surface area contributed by atoms with Crippen LogP contribution >= 0.6 is 11.3 Å². The lowest BCUT2D eigenvalue weighted by atomic mass is 10.2. The highest BCUT2D eigenvalue weighted by Gasteiger charge is 2.38. The van der Waals surface area contributed by atoms with Crippen molar-refractivity contribution in [3.8, 4) is 0 Å². The van der Waals surface area contributed by atoms with Crippen molar-refractivity contribution in [1.82, 2.24) is 20.4 Å². The van der Waals surface area contributed by atoms with Gasteiger partial charge in [-0.15, -0.1) is 11.3 Å². The summed E-state index contributed by atoms with van der Waals surface area (Å²) in [4.78, 5) is 29.5. The average Bonchev–Trinajstić information content (AvgIpc) is 3.40. The molecule has 8 nitrogen and oxygen atoms in total. The van der Waals surface area contributed by atoms with Crippen LogP contribution in [0.5, 0.6) is 0 Å². The zero-order valence-electron chi connectivity index (χ0n) is 15.8. The summed E-state index contributed by atoms with van der Waals surface area (Å²) in [5.74, 6) is -1.67. The molecule has 1 amide bonds. The lowest BCUT2D eigenvalue weighted by Gasteiger charge is -2.18. The quantitative estimate of drug-likeness (QED) is 0.744. The number of nitrogens with one attached hydrogen (secondary N) is 1. The van der Waals surface area contributed by atoms with Crippen LogP contribution in [0.2, 0.25) is 0 Å². The van der Waals surface area contributed by atoms with Crippen LogP contribution in [-0.4, -0.2) is 51.3 Å². The summed E-state index contributed by atoms with van der Waals surface area (Å²) >= 11 is 1.58. The number of carboxylic acids is 1. The van der Waals surface area contributed by atoms with Crippen molar-refractivity contribution < 1.29 is 32.4 Å². The van der Waals surface area contributed by atoms with Crippen LogP contribution in [0.25, 0.3) is 0 Å². The van der Waals surface area contributed by atoms with E-state index >= 15 is 0 Å². The van der Waals surface area contributed by atoms with Crippen LogP contribution < -0.4 is 5.32 Å². The molecule has 12 heteroatoms. The molecule has 0 aliphatic carbocycles. The minimum atomic E-state index is -5.08. The Hall–Kier alpha value is -2.47. The van der Waals surface area contributed by atoms with Crippen LogP contribution in [-0.2, 0) is 11.3 Å². The number of hydrogen-bond acceptors (Lipinski definition) is 7. The third kappa shape index (κ3) is 6.53. The second-order valence-corrected chi connectivity index (χ2v) is 7.32. The van der Waals surface area contributed by atoms with E-state index in [9.17, 15) is 18.0 Å². The molecule has 3 rings (SSSR count). The first-order valence-corrected chi connectivity index (χ1v) is 9.65. The van der Waals surface area contributed by atoms with E-state index in [2.05, 4.69) is 21.5 Å². The van der Waals surface area contributed by atoms with Gasteiger partial charge in [-0.3, -0.25) is 4.79 Å². The first kappa shape index (κ1) is 22.8. The van der Waals surface area contributed by atoms with Crippen molar-refractivity contribution in [2.24, 2.45) is 0 Å². The van der Waals surface area contributed by atoms with Crippen molar-refractivity contribution in [1.29, 1.82) is 0 Å². The van der Waals surface area contributed by atoms with Crippen LogP contribution in [0.1, 0.15) is 52.1 Å². The van der Waals surface area contributed by atoms with Gasteiger partial charge in [-0.2, -0.15) is 18.2 Å². The molecule has 2 N–H and O–H groups in total. The third-order valence-corrected chi connectivity index (χ3v) is 5.24. The number of carbonyl (C=O) groups excluding carboxylic acids is 1. The number of aliphatic carboxylic acids is 1. The van der Waals surface area contributed by atoms with Crippen molar-refractivity contribution in [3.05, 3.63) is 33.6 Å². The SMILES string of the molecule is CCN(Cc1noc(C)n1)C(=O)c1ccc(C2CCCN2)s1.O=C(O)C(F)(F)F. The number of hydrogen-bond donors (Lipinski definition) is 2. The predicted molar refractivity (Wildman–Crippen MR) is 97.4 cm³/mol. The molecule has 0 bridgehead atoms. The molecule has 0 radical (unpaired) electrons. The average molecular weight is 434 g/mol. The molecule has 0 aromatic carbocycles. The van der Waals surface area contributed by atoms with Gasteiger partial charge in [0.1, 0.15) is 0 Å². The lowest BCUT2D eigenvalue weighted by molar-refractivity contribution is -0.192. The number of amides is 1. The van der Waals surface area contributed by atoms with Crippen LogP contribution in [0.15, 0.2) is 16.7 Å². The zero-order chi connectivity index (χ0) is 21.6. The Morgan fingerprint density at radius 1 is 1.41 bits per heavy atom. The number of nitrogens with zero attached hydrogens (tertiary/aromatic N) is 3. The molecule has 1 atom stereocenters. The van der Waals surface area contributed by atoms with Gasteiger partial charge in [0, 0.05) is 24.4 Å². The third-order valence-electron chi connectivity index (χ3n) is 4.05. The van der Waals surface area contributed by atoms with E-state index in [4.69, 9.17) is 14.4 Å². The second kappa shape index (κ2) is 9.83. The molecule has 160 valence electrons. The zero-order valence-corrected chi connectivity index (χ0v) is 16.6. The van der Waals surface area contributed by atoms with Gasteiger partial charge in [-0.05, 0) is 38.4 Å². The number of thiophene rings is 1. The van der Waals surface area contributed by atoms with Crippen LogP contribution in [0, 0.1) is 6.92 Å². The normalized spacial score (nSPS) is 16.2. The van der Waals surface area contributed by atoms with E-state index in [1.54, 1.807) is 23.2 Å². The summed E-state index contributed by atoms with van der Waals surface area (Å²) in [7, 11) is 0. The summed E-state index contributed by atoms with van der Waals surface area (Å²) in [5.41, 5.74) is 0. The Morgan fingerprint density at radius 2 is 2.10 bits per heavy atom. The highest BCUT2D eigenvalue weighted by molar-refractivity contribution is 7.14. The molecular formula is C17H21F3N4O4S. The van der Waals surface area contributed by atoms with Crippen LogP contribution in [0.3, 0.4) is 0 Å². The maximum Gasteiger partial charge on any atom is 0.490 e. The molecule has 1 unspecified atom stereocenters. The Labute approximate surface area is 168 Å². The Bertz CT molecular complexity index is 831. The Morgan fingerprint density at radius 3 is 2.59 bits per heavy atom. The first-order chi connectivity index (χ1) is 13.6. The largest absolute Gasteiger partial charge is 0.490 e. The van der Waals surface area contributed by atoms with Gasteiger partial charge in [-0.25, -0.2) is 4.79 Å². The van der Waals surface area contributed by atoms with E-state index in [1.807, 2.05) is 13.0 Å². The minimum Gasteiger partial charge on any atom is -0.475 e. The molecule has 2 aromatic heterocycles. The van der Waals surface area contributed by atoms with E-state index < -0.39 is 12.1 Å². The summed E-state index contributed by atoms with van der Waals surface area (Å²) in [6.07, 6.45) is -2.74. The molecule has 1 aliphatic rings. The fourth-order valence-electron chi connectivity index (χ4n) is 2.64. The summed E-state index contributed by atoms with van der Waals surface area (Å²) in [6, 6.07) is 4.39. The van der Waals surface area contributed by atoms with Gasteiger partial charge < -0.3 is 19.8 Å². The fourth-order valence-corrected chi connectivity index (χ4v) is 3.73. The maximum absolute atomic E-state index is 12.6. The van der Waals surface area contributed by atoms with Gasteiger partial charge >= 0.3 is 12.1 Å². The molecule has 2 aromatic rings. The fraction of sp³-hybridized carbons (Fsp3) is 0.529. The van der Waals surface area contributed by atoms with E-state index in [-0.39, 0.29) is 5.91 Å². The van der Waals surface area contributed by atoms with Crippen molar-refractivity contribution in [2.75, 3.05) is 13.1 Å². The summed E-state index contributed by atoms with van der Waals surface area (Å²) in [5, 5.41) is 14.5. The summed E-state index contributed by atoms with van der Waals surface area (Å²) < 4.78 is 36.7. The maximum atomic E-state index is 12.6. The number of carboxylic acid groups (broad SMARTS) is 1. The van der Waals surface area contributed by atoms with Gasteiger partial charge in [0.05, 0.1) is 11.4 Å². The highest BCUT2D eigenvalue weighted by Crippen LogP contribution is 2.30. The lowest BCUT2D eigenvalue weighted by Crippen LogP contribution is -2.30. The van der Waals surface area contributed by atoms with Crippen molar-refractivity contribution in [3.63, 3.8) is 0 Å². The van der Waals surface area contributed by atoms with Gasteiger partial charge in [0.2, 0.25) is 5.89 Å². The predicted octanol–water partition coefficient (Wildman–Crippen LogP) is 3.16. The van der Waals surface area contributed by atoms with E-state index in [0.29, 0.717) is 30.8 Å². The van der Waals surface area contributed by atoms with E-state index in [0.717, 1.165) is 17.8 Å².